The molecule has 194 valence electrons. The Hall–Kier alpha value is -3.85. The van der Waals surface area contributed by atoms with E-state index in [1.54, 1.807) is 0 Å². The number of nitrogens with one attached hydrogen (secondary N) is 2. The van der Waals surface area contributed by atoms with Crippen LogP contribution in [0.3, 0.4) is 0 Å². The molecule has 6 rings (SSSR count). The van der Waals surface area contributed by atoms with Crippen LogP contribution < -0.4 is 15.5 Å². The molecule has 1 amide bonds. The molecule has 3 atom stereocenters. The summed E-state index contributed by atoms with van der Waals surface area (Å²) >= 11 is 0. The van der Waals surface area contributed by atoms with Crippen LogP contribution in [0.1, 0.15) is 56.1 Å². The molecule has 6 nitrogen and oxygen atoms in total. The van der Waals surface area contributed by atoms with Crippen LogP contribution in [0.15, 0.2) is 60.8 Å². The number of benzene rings is 2. The van der Waals surface area contributed by atoms with Gasteiger partial charge in [0.1, 0.15) is 5.82 Å². The number of fused-ring (bicyclic) bond motifs is 1. The zero-order chi connectivity index (χ0) is 25.9. The van der Waals surface area contributed by atoms with E-state index in [2.05, 4.69) is 50.9 Å². The van der Waals surface area contributed by atoms with Gasteiger partial charge in [-0.05, 0) is 103 Å². The highest BCUT2D eigenvalue weighted by Crippen LogP contribution is 2.37. The number of hydrogen-bond donors (Lipinski definition) is 2. The summed E-state index contributed by atoms with van der Waals surface area (Å²) in [7, 11) is 0. The highest BCUT2D eigenvalue weighted by Gasteiger charge is 2.30. The van der Waals surface area contributed by atoms with Crippen LogP contribution in [-0.4, -0.2) is 30.0 Å². The summed E-state index contributed by atoms with van der Waals surface area (Å²) in [5, 5.41) is 15.9. The third kappa shape index (κ3) is 5.24. The van der Waals surface area contributed by atoms with Crippen molar-refractivity contribution in [1.82, 2.24) is 4.98 Å². The molecule has 0 bridgehead atoms. The van der Waals surface area contributed by atoms with Gasteiger partial charge in [-0.15, -0.1) is 0 Å². The van der Waals surface area contributed by atoms with Crippen molar-refractivity contribution >= 4 is 23.1 Å². The van der Waals surface area contributed by atoms with E-state index in [0.29, 0.717) is 24.3 Å². The number of piperidine rings is 1. The standard InChI is InChI=1S/C32H35N5O/c33-20-22-10-12-26(13-11-22)37-16-4-5-23(21-37)17-25-6-1-2-8-29(25)35-31-18-24(14-15-34-31)27-7-3-9-30-28(27)19-32(38)36-30/h3,7,9-15,18,23,25,29H,1-2,4-6,8,16-17,19,21H2,(H,34,35)(H,36,38)/t23-,25+,29-/m1/s1. The lowest BCUT2D eigenvalue weighted by Gasteiger charge is -2.39. The first-order chi connectivity index (χ1) is 18.7. The average molecular weight is 506 g/mol. The second-order valence-electron chi connectivity index (χ2n) is 11.1. The molecule has 1 aliphatic carbocycles. The van der Waals surface area contributed by atoms with Crippen LogP contribution in [0.4, 0.5) is 17.2 Å². The number of nitrogens with zero attached hydrogens (tertiary/aromatic N) is 3. The van der Waals surface area contributed by atoms with Crippen molar-refractivity contribution < 1.29 is 4.79 Å². The number of nitriles is 1. The quantitative estimate of drug-likeness (QED) is 0.406. The van der Waals surface area contributed by atoms with Gasteiger partial charge >= 0.3 is 0 Å². The SMILES string of the molecule is N#Cc1ccc(N2CCC[C@H](C[C@@H]3CCCC[C@H]3Nc3cc(-c4cccc5c4CC(=O)N5)ccn3)C2)cc1. The van der Waals surface area contributed by atoms with Gasteiger partial charge in [-0.1, -0.05) is 25.0 Å². The zero-order valence-electron chi connectivity index (χ0n) is 21.8. The molecular weight excluding hydrogens is 470 g/mol. The van der Waals surface area contributed by atoms with Crippen molar-refractivity contribution in [3.63, 3.8) is 0 Å². The maximum atomic E-state index is 12.0. The fraction of sp³-hybridized carbons (Fsp3) is 0.406. The van der Waals surface area contributed by atoms with Crippen molar-refractivity contribution in [3.8, 4) is 17.2 Å². The molecule has 1 aromatic heterocycles. The Balaban J connectivity index is 1.14. The lowest BCUT2D eigenvalue weighted by molar-refractivity contribution is -0.115. The third-order valence-corrected chi connectivity index (χ3v) is 8.62. The number of amides is 1. The molecule has 1 saturated heterocycles. The Morgan fingerprint density at radius 3 is 2.79 bits per heavy atom. The van der Waals surface area contributed by atoms with Crippen LogP contribution in [0.25, 0.3) is 11.1 Å². The van der Waals surface area contributed by atoms with Gasteiger partial charge in [0.15, 0.2) is 0 Å². The largest absolute Gasteiger partial charge is 0.371 e. The number of aromatic nitrogens is 1. The van der Waals surface area contributed by atoms with Gasteiger partial charge in [-0.25, -0.2) is 4.98 Å². The second-order valence-corrected chi connectivity index (χ2v) is 11.1. The number of pyridine rings is 1. The van der Waals surface area contributed by atoms with E-state index >= 15 is 0 Å². The third-order valence-electron chi connectivity index (χ3n) is 8.62. The average Bonchev–Trinajstić information content (AvgIpc) is 3.35. The first-order valence-electron chi connectivity index (χ1n) is 14.1. The molecule has 3 heterocycles. The molecular formula is C32H35N5O. The number of carbonyl (C=O) groups excluding carboxylic acids is 1. The number of anilines is 3. The van der Waals surface area contributed by atoms with Gasteiger partial charge < -0.3 is 15.5 Å². The van der Waals surface area contributed by atoms with Gasteiger partial charge in [0.05, 0.1) is 18.1 Å². The first kappa shape index (κ1) is 24.5. The molecule has 3 aromatic rings. The summed E-state index contributed by atoms with van der Waals surface area (Å²) < 4.78 is 0. The topological polar surface area (TPSA) is 81.0 Å². The number of rotatable bonds is 6. The van der Waals surface area contributed by atoms with Crippen molar-refractivity contribution in [1.29, 1.82) is 5.26 Å². The molecule has 0 spiro atoms. The Morgan fingerprint density at radius 1 is 1.05 bits per heavy atom. The minimum atomic E-state index is 0.0605. The van der Waals surface area contributed by atoms with Gasteiger partial charge in [0, 0.05) is 36.7 Å². The van der Waals surface area contributed by atoms with E-state index < -0.39 is 0 Å². The van der Waals surface area contributed by atoms with E-state index in [4.69, 9.17) is 5.26 Å². The monoisotopic (exact) mass is 505 g/mol. The molecule has 1 saturated carbocycles. The molecule has 2 N–H and O–H groups in total. The highest BCUT2D eigenvalue weighted by molar-refractivity contribution is 6.01. The molecule has 2 aliphatic heterocycles. The highest BCUT2D eigenvalue weighted by atomic mass is 16.1. The summed E-state index contributed by atoms with van der Waals surface area (Å²) in [5.74, 6) is 2.31. The van der Waals surface area contributed by atoms with E-state index in [-0.39, 0.29) is 5.91 Å². The normalized spacial score (nSPS) is 22.9. The molecule has 38 heavy (non-hydrogen) atoms. The lowest BCUT2D eigenvalue weighted by atomic mass is 9.77. The van der Waals surface area contributed by atoms with Gasteiger partial charge in [0.2, 0.25) is 5.91 Å². The Kier molecular flexibility index (Phi) is 7.00. The maximum absolute atomic E-state index is 12.0. The van der Waals surface area contributed by atoms with Crippen LogP contribution in [0.5, 0.6) is 0 Å². The fourth-order valence-electron chi connectivity index (χ4n) is 6.73. The molecule has 2 aromatic carbocycles. The van der Waals surface area contributed by atoms with Crippen LogP contribution in [0.2, 0.25) is 0 Å². The Bertz CT molecular complexity index is 1340. The van der Waals surface area contributed by atoms with Crippen LogP contribution >= 0.6 is 0 Å². The molecule has 0 unspecified atom stereocenters. The van der Waals surface area contributed by atoms with Gasteiger partial charge in [0.25, 0.3) is 0 Å². The van der Waals surface area contributed by atoms with Crippen molar-refractivity contribution in [2.45, 2.75) is 57.4 Å². The van der Waals surface area contributed by atoms with Gasteiger partial charge in [-0.2, -0.15) is 5.26 Å². The fourth-order valence-corrected chi connectivity index (χ4v) is 6.73. The maximum Gasteiger partial charge on any atom is 0.228 e. The second kappa shape index (κ2) is 10.9. The zero-order valence-corrected chi connectivity index (χ0v) is 21.8. The lowest BCUT2D eigenvalue weighted by Crippen LogP contribution is -2.39. The molecule has 6 heteroatoms. The minimum Gasteiger partial charge on any atom is -0.371 e. The van der Waals surface area contributed by atoms with Crippen molar-refractivity contribution in [2.24, 2.45) is 11.8 Å². The minimum absolute atomic E-state index is 0.0605. The van der Waals surface area contributed by atoms with E-state index in [9.17, 15) is 4.79 Å². The first-order valence-corrected chi connectivity index (χ1v) is 14.1. The Morgan fingerprint density at radius 2 is 1.92 bits per heavy atom. The molecule has 0 radical (unpaired) electrons. The molecule has 2 fully saturated rings. The van der Waals surface area contributed by atoms with Gasteiger partial charge in [-0.3, -0.25) is 4.79 Å². The predicted molar refractivity (Wildman–Crippen MR) is 152 cm³/mol. The van der Waals surface area contributed by atoms with E-state index in [1.807, 2.05) is 36.5 Å². The summed E-state index contributed by atoms with van der Waals surface area (Å²) in [6, 6.07) is 21.0. The summed E-state index contributed by atoms with van der Waals surface area (Å²) in [5.41, 5.74) is 6.17. The smallest absolute Gasteiger partial charge is 0.228 e. The summed E-state index contributed by atoms with van der Waals surface area (Å²) in [4.78, 5) is 19.2. The van der Waals surface area contributed by atoms with E-state index in [1.165, 1.54) is 50.6 Å². The van der Waals surface area contributed by atoms with Crippen molar-refractivity contribution in [2.75, 3.05) is 28.6 Å². The summed E-state index contributed by atoms with van der Waals surface area (Å²) in [6.45, 7) is 2.19. The van der Waals surface area contributed by atoms with Crippen LogP contribution in [-0.2, 0) is 11.2 Å². The van der Waals surface area contributed by atoms with Crippen molar-refractivity contribution in [3.05, 3.63) is 71.9 Å². The summed E-state index contributed by atoms with van der Waals surface area (Å²) in [6.07, 6.45) is 11.1. The number of hydrogen-bond acceptors (Lipinski definition) is 5. The Labute approximate surface area is 225 Å². The number of carbonyl (C=O) groups is 1. The predicted octanol–water partition coefficient (Wildman–Crippen LogP) is 6.39. The van der Waals surface area contributed by atoms with Crippen LogP contribution in [0, 0.1) is 23.2 Å². The van der Waals surface area contributed by atoms with E-state index in [0.717, 1.165) is 46.8 Å². The molecule has 3 aliphatic rings.